The second-order valence-electron chi connectivity index (χ2n) is 5.24. The Kier molecular flexibility index (Phi) is 4.02. The number of aryl methyl sites for hydroxylation is 1. The van der Waals surface area contributed by atoms with Gasteiger partial charge in [-0.3, -0.25) is 0 Å². The summed E-state index contributed by atoms with van der Waals surface area (Å²) in [6, 6.07) is 27.6. The standard InChI is InChI=1S/C20H19N/c1-16-11-13-17(14-12-16)20-10-6-5-7-18(20)15-21-19-8-3-2-4-9-19/h2-14,21H,15H2,1H3. The van der Waals surface area contributed by atoms with Crippen LogP contribution in [0.25, 0.3) is 11.1 Å². The normalized spacial score (nSPS) is 10.3. The zero-order valence-corrected chi connectivity index (χ0v) is 12.2. The van der Waals surface area contributed by atoms with Crippen molar-refractivity contribution in [2.75, 3.05) is 5.32 Å². The van der Waals surface area contributed by atoms with Gasteiger partial charge in [0.2, 0.25) is 0 Å². The Morgan fingerprint density at radius 1 is 0.714 bits per heavy atom. The molecule has 3 aromatic carbocycles. The second-order valence-corrected chi connectivity index (χ2v) is 5.24. The predicted molar refractivity (Wildman–Crippen MR) is 90.4 cm³/mol. The van der Waals surface area contributed by atoms with Crippen LogP contribution in [-0.2, 0) is 6.54 Å². The molecule has 1 nitrogen and oxygen atoms in total. The number of rotatable bonds is 4. The molecule has 0 aliphatic heterocycles. The predicted octanol–water partition coefficient (Wildman–Crippen LogP) is 5.27. The van der Waals surface area contributed by atoms with E-state index in [0.29, 0.717) is 0 Å². The number of anilines is 1. The van der Waals surface area contributed by atoms with Gasteiger partial charge in [0.25, 0.3) is 0 Å². The second kappa shape index (κ2) is 6.27. The fourth-order valence-electron chi connectivity index (χ4n) is 2.44. The lowest BCUT2D eigenvalue weighted by atomic mass is 9.99. The minimum atomic E-state index is 0.827. The maximum absolute atomic E-state index is 3.48. The van der Waals surface area contributed by atoms with Gasteiger partial charge >= 0.3 is 0 Å². The summed E-state index contributed by atoms with van der Waals surface area (Å²) in [5, 5.41) is 3.48. The lowest BCUT2D eigenvalue weighted by Gasteiger charge is -2.12. The number of para-hydroxylation sites is 1. The van der Waals surface area contributed by atoms with Gasteiger partial charge in [-0.15, -0.1) is 0 Å². The average molecular weight is 273 g/mol. The molecule has 104 valence electrons. The molecule has 1 heteroatoms. The summed E-state index contributed by atoms with van der Waals surface area (Å²) in [6.07, 6.45) is 0. The van der Waals surface area contributed by atoms with E-state index >= 15 is 0 Å². The summed E-state index contributed by atoms with van der Waals surface area (Å²) in [5.41, 5.74) is 6.31. The lowest BCUT2D eigenvalue weighted by Crippen LogP contribution is -2.00. The Bertz CT molecular complexity index is 699. The van der Waals surface area contributed by atoms with E-state index in [0.717, 1.165) is 12.2 Å². The zero-order valence-electron chi connectivity index (χ0n) is 12.2. The van der Waals surface area contributed by atoms with E-state index in [1.54, 1.807) is 0 Å². The first-order valence-electron chi connectivity index (χ1n) is 7.27. The quantitative estimate of drug-likeness (QED) is 0.682. The number of hydrogen-bond donors (Lipinski definition) is 1. The van der Waals surface area contributed by atoms with Crippen molar-refractivity contribution in [1.82, 2.24) is 0 Å². The number of nitrogens with one attached hydrogen (secondary N) is 1. The average Bonchev–Trinajstić information content (AvgIpc) is 2.55. The van der Waals surface area contributed by atoms with Gasteiger partial charge in [0.05, 0.1) is 0 Å². The Hall–Kier alpha value is -2.54. The van der Waals surface area contributed by atoms with Crippen LogP contribution in [-0.4, -0.2) is 0 Å². The molecule has 3 rings (SSSR count). The summed E-state index contributed by atoms with van der Waals surface area (Å²) < 4.78 is 0. The maximum Gasteiger partial charge on any atom is 0.0406 e. The van der Waals surface area contributed by atoms with Crippen LogP contribution in [0.1, 0.15) is 11.1 Å². The summed E-state index contributed by atoms with van der Waals surface area (Å²) in [6.45, 7) is 2.95. The molecule has 0 fully saturated rings. The number of benzene rings is 3. The first-order chi connectivity index (χ1) is 10.3. The van der Waals surface area contributed by atoms with Crippen LogP contribution in [0.5, 0.6) is 0 Å². The molecular formula is C20H19N. The Morgan fingerprint density at radius 3 is 2.14 bits per heavy atom. The van der Waals surface area contributed by atoms with Gasteiger partial charge in [0, 0.05) is 12.2 Å². The van der Waals surface area contributed by atoms with E-state index in [1.807, 2.05) is 18.2 Å². The molecule has 0 saturated carbocycles. The van der Waals surface area contributed by atoms with Gasteiger partial charge in [0.15, 0.2) is 0 Å². The molecule has 0 amide bonds. The van der Waals surface area contributed by atoms with Crippen molar-refractivity contribution >= 4 is 5.69 Å². The third-order valence-electron chi connectivity index (χ3n) is 3.64. The van der Waals surface area contributed by atoms with Gasteiger partial charge in [-0.25, -0.2) is 0 Å². The van der Waals surface area contributed by atoms with E-state index in [9.17, 15) is 0 Å². The van der Waals surface area contributed by atoms with Crippen LogP contribution < -0.4 is 5.32 Å². The summed E-state index contributed by atoms with van der Waals surface area (Å²) in [5.74, 6) is 0. The van der Waals surface area contributed by atoms with Gasteiger partial charge < -0.3 is 5.32 Å². The van der Waals surface area contributed by atoms with Crippen molar-refractivity contribution in [2.24, 2.45) is 0 Å². The van der Waals surface area contributed by atoms with Crippen molar-refractivity contribution in [3.8, 4) is 11.1 Å². The van der Waals surface area contributed by atoms with Crippen LogP contribution in [0.3, 0.4) is 0 Å². The van der Waals surface area contributed by atoms with E-state index < -0.39 is 0 Å². The van der Waals surface area contributed by atoms with Crippen molar-refractivity contribution in [2.45, 2.75) is 13.5 Å². The van der Waals surface area contributed by atoms with E-state index in [-0.39, 0.29) is 0 Å². The van der Waals surface area contributed by atoms with Crippen LogP contribution in [0.4, 0.5) is 5.69 Å². The van der Waals surface area contributed by atoms with Crippen LogP contribution >= 0.6 is 0 Å². The molecule has 0 heterocycles. The molecule has 3 aromatic rings. The van der Waals surface area contributed by atoms with Gasteiger partial charge in [-0.2, -0.15) is 0 Å². The zero-order chi connectivity index (χ0) is 14.5. The fraction of sp³-hybridized carbons (Fsp3) is 0.100. The summed E-state index contributed by atoms with van der Waals surface area (Å²) in [4.78, 5) is 0. The van der Waals surface area contributed by atoms with Crippen LogP contribution in [0.2, 0.25) is 0 Å². The van der Waals surface area contributed by atoms with Crippen molar-refractivity contribution in [1.29, 1.82) is 0 Å². The first kappa shape index (κ1) is 13.4. The molecular weight excluding hydrogens is 254 g/mol. The van der Waals surface area contributed by atoms with Crippen LogP contribution in [0.15, 0.2) is 78.9 Å². The molecule has 0 unspecified atom stereocenters. The first-order valence-corrected chi connectivity index (χ1v) is 7.27. The highest BCUT2D eigenvalue weighted by molar-refractivity contribution is 5.68. The van der Waals surface area contributed by atoms with Gasteiger partial charge in [0.1, 0.15) is 0 Å². The molecule has 0 aliphatic rings. The third kappa shape index (κ3) is 3.32. The van der Waals surface area contributed by atoms with E-state index in [4.69, 9.17) is 0 Å². The SMILES string of the molecule is Cc1ccc(-c2ccccc2CNc2ccccc2)cc1. The highest BCUT2D eigenvalue weighted by atomic mass is 14.9. The van der Waals surface area contributed by atoms with E-state index in [2.05, 4.69) is 72.9 Å². The summed E-state index contributed by atoms with van der Waals surface area (Å²) >= 11 is 0. The van der Waals surface area contributed by atoms with Crippen molar-refractivity contribution in [3.05, 3.63) is 90.0 Å². The molecule has 0 spiro atoms. The molecule has 0 aliphatic carbocycles. The smallest absolute Gasteiger partial charge is 0.0406 e. The Labute approximate surface area is 126 Å². The molecule has 1 N–H and O–H groups in total. The topological polar surface area (TPSA) is 12.0 Å². The lowest BCUT2D eigenvalue weighted by molar-refractivity contribution is 1.15. The molecule has 0 bridgehead atoms. The highest BCUT2D eigenvalue weighted by Crippen LogP contribution is 2.24. The molecule has 0 aromatic heterocycles. The minimum Gasteiger partial charge on any atom is -0.381 e. The fourth-order valence-corrected chi connectivity index (χ4v) is 2.44. The van der Waals surface area contributed by atoms with Gasteiger partial charge in [-0.05, 0) is 35.7 Å². The number of hydrogen-bond acceptors (Lipinski definition) is 1. The molecule has 0 saturated heterocycles. The molecule has 21 heavy (non-hydrogen) atoms. The monoisotopic (exact) mass is 273 g/mol. The minimum absolute atomic E-state index is 0.827. The summed E-state index contributed by atoms with van der Waals surface area (Å²) in [7, 11) is 0. The third-order valence-corrected chi connectivity index (χ3v) is 3.64. The highest BCUT2D eigenvalue weighted by Gasteiger charge is 2.04. The van der Waals surface area contributed by atoms with Crippen molar-refractivity contribution < 1.29 is 0 Å². The maximum atomic E-state index is 3.48. The van der Waals surface area contributed by atoms with Crippen LogP contribution in [0, 0.1) is 6.92 Å². The van der Waals surface area contributed by atoms with E-state index in [1.165, 1.54) is 22.3 Å². The Balaban J connectivity index is 1.84. The molecule has 0 radical (unpaired) electrons. The van der Waals surface area contributed by atoms with Gasteiger partial charge in [-0.1, -0.05) is 72.3 Å². The molecule has 0 atom stereocenters. The largest absolute Gasteiger partial charge is 0.381 e. The Morgan fingerprint density at radius 2 is 1.38 bits per heavy atom. The van der Waals surface area contributed by atoms with Crippen molar-refractivity contribution in [3.63, 3.8) is 0 Å².